The number of carboxylic acids is 1. The van der Waals surface area contributed by atoms with Gasteiger partial charge in [-0.2, -0.15) is 0 Å². The number of aromatic carboxylic acids is 1. The van der Waals surface area contributed by atoms with Gasteiger partial charge in [0, 0.05) is 0 Å². The molecule has 0 spiro atoms. The standard InChI is InChI=1S/C11H8NO5S/c12-18(16,17)10-5-8-6(4-9(10)13)2-1-3-7(8)11(14)15/h1-5H,(H,14,15)(H2,12,16,17). The highest BCUT2D eigenvalue weighted by Gasteiger charge is 2.18. The van der Waals surface area contributed by atoms with Gasteiger partial charge in [-0.05, 0) is 29.0 Å². The Kier molecular flexibility index (Phi) is 2.72. The highest BCUT2D eigenvalue weighted by atomic mass is 32.2. The number of nitrogens with two attached hydrogens (primary N) is 1. The molecule has 0 bridgehead atoms. The Morgan fingerprint density at radius 2 is 1.89 bits per heavy atom. The van der Waals surface area contributed by atoms with Crippen LogP contribution in [-0.4, -0.2) is 19.5 Å². The van der Waals surface area contributed by atoms with E-state index in [9.17, 15) is 18.3 Å². The van der Waals surface area contributed by atoms with Gasteiger partial charge in [0.25, 0.3) is 0 Å². The van der Waals surface area contributed by atoms with Gasteiger partial charge in [0.15, 0.2) is 5.75 Å². The van der Waals surface area contributed by atoms with Crippen molar-refractivity contribution in [1.29, 1.82) is 0 Å². The normalized spacial score (nSPS) is 11.6. The zero-order valence-corrected chi connectivity index (χ0v) is 9.77. The number of carbonyl (C=O) groups is 1. The highest BCUT2D eigenvalue weighted by Crippen LogP contribution is 2.30. The molecule has 93 valence electrons. The molecular weight excluding hydrogens is 258 g/mol. The van der Waals surface area contributed by atoms with Crippen LogP contribution in [0.4, 0.5) is 0 Å². The summed E-state index contributed by atoms with van der Waals surface area (Å²) in [6, 6.07) is 6.37. The first-order valence-electron chi connectivity index (χ1n) is 4.80. The van der Waals surface area contributed by atoms with Crippen molar-refractivity contribution in [3.05, 3.63) is 35.9 Å². The zero-order chi connectivity index (χ0) is 13.5. The Morgan fingerprint density at radius 3 is 2.44 bits per heavy atom. The van der Waals surface area contributed by atoms with E-state index in [1.807, 2.05) is 0 Å². The number of primary sulfonamides is 1. The quantitative estimate of drug-likeness (QED) is 0.852. The minimum absolute atomic E-state index is 0.0857. The molecule has 0 aromatic heterocycles. The van der Waals surface area contributed by atoms with Crippen molar-refractivity contribution >= 4 is 26.8 Å². The minimum Gasteiger partial charge on any atom is -0.478 e. The summed E-state index contributed by atoms with van der Waals surface area (Å²) in [7, 11) is -4.17. The van der Waals surface area contributed by atoms with Crippen LogP contribution in [-0.2, 0) is 15.1 Å². The number of carboxylic acid groups (broad SMARTS) is 1. The summed E-state index contributed by atoms with van der Waals surface area (Å²) in [5.41, 5.74) is -0.0857. The third kappa shape index (κ3) is 2.01. The van der Waals surface area contributed by atoms with Gasteiger partial charge in [-0.3, -0.25) is 5.11 Å². The maximum atomic E-state index is 11.6. The molecule has 2 aromatic carbocycles. The van der Waals surface area contributed by atoms with Crippen LogP contribution >= 0.6 is 0 Å². The molecule has 0 aliphatic carbocycles. The fourth-order valence-electron chi connectivity index (χ4n) is 1.69. The molecule has 0 saturated carbocycles. The lowest BCUT2D eigenvalue weighted by Crippen LogP contribution is -2.12. The van der Waals surface area contributed by atoms with Gasteiger partial charge in [0.1, 0.15) is 4.90 Å². The Balaban J connectivity index is 2.92. The second-order valence-corrected chi connectivity index (χ2v) is 5.21. The van der Waals surface area contributed by atoms with E-state index in [0.29, 0.717) is 5.39 Å². The number of hydrogen-bond donors (Lipinski definition) is 2. The fourth-order valence-corrected chi connectivity index (χ4v) is 2.31. The van der Waals surface area contributed by atoms with Crippen molar-refractivity contribution in [3.8, 4) is 5.75 Å². The Labute approximate surface area is 102 Å². The van der Waals surface area contributed by atoms with Crippen molar-refractivity contribution in [2.45, 2.75) is 4.90 Å². The van der Waals surface area contributed by atoms with Crippen molar-refractivity contribution < 1.29 is 23.4 Å². The van der Waals surface area contributed by atoms with Crippen LogP contribution < -0.4 is 5.14 Å². The molecule has 6 nitrogen and oxygen atoms in total. The first-order valence-corrected chi connectivity index (χ1v) is 6.35. The van der Waals surface area contributed by atoms with Crippen molar-refractivity contribution in [2.75, 3.05) is 0 Å². The summed E-state index contributed by atoms with van der Waals surface area (Å²) >= 11 is 0. The molecule has 7 heteroatoms. The van der Waals surface area contributed by atoms with Gasteiger partial charge in [-0.25, -0.2) is 18.4 Å². The topological polar surface area (TPSA) is 117 Å². The Bertz CT molecular complexity index is 751. The summed E-state index contributed by atoms with van der Waals surface area (Å²) in [5.74, 6) is -1.97. The van der Waals surface area contributed by atoms with Crippen LogP contribution in [0.25, 0.3) is 10.8 Å². The van der Waals surface area contributed by atoms with E-state index in [4.69, 9.17) is 10.2 Å². The van der Waals surface area contributed by atoms with E-state index >= 15 is 0 Å². The van der Waals surface area contributed by atoms with Gasteiger partial charge in [0.2, 0.25) is 10.0 Å². The second-order valence-electron chi connectivity index (χ2n) is 3.68. The molecule has 0 unspecified atom stereocenters. The molecule has 0 aliphatic heterocycles. The smallest absolute Gasteiger partial charge is 0.336 e. The SMILES string of the molecule is NS(=O)(=O)c1cc2c(C(=O)O)cccc2cc1[O]. The average Bonchev–Trinajstić information content (AvgIpc) is 2.25. The number of sulfonamides is 1. The van der Waals surface area contributed by atoms with Gasteiger partial charge >= 0.3 is 5.97 Å². The lowest BCUT2D eigenvalue weighted by molar-refractivity contribution is 0.0699. The van der Waals surface area contributed by atoms with Gasteiger partial charge in [-0.15, -0.1) is 0 Å². The van der Waals surface area contributed by atoms with E-state index in [2.05, 4.69) is 0 Å². The highest BCUT2D eigenvalue weighted by molar-refractivity contribution is 7.89. The van der Waals surface area contributed by atoms with Gasteiger partial charge < -0.3 is 5.11 Å². The first-order chi connectivity index (χ1) is 8.30. The molecule has 2 aromatic rings. The Morgan fingerprint density at radius 1 is 1.22 bits per heavy atom. The summed E-state index contributed by atoms with van der Waals surface area (Å²) in [6.45, 7) is 0. The van der Waals surface area contributed by atoms with E-state index in [1.165, 1.54) is 18.2 Å². The number of benzene rings is 2. The zero-order valence-electron chi connectivity index (χ0n) is 8.95. The van der Waals surface area contributed by atoms with Crippen molar-refractivity contribution in [3.63, 3.8) is 0 Å². The molecule has 0 fully saturated rings. The predicted octanol–water partition coefficient (Wildman–Crippen LogP) is 1.33. The second kappa shape index (κ2) is 3.97. The van der Waals surface area contributed by atoms with E-state index < -0.39 is 26.6 Å². The number of hydrogen-bond acceptors (Lipinski definition) is 3. The van der Waals surface area contributed by atoms with Crippen LogP contribution in [0, 0.1) is 0 Å². The summed E-state index contributed by atoms with van der Waals surface area (Å²) in [4.78, 5) is 10.4. The van der Waals surface area contributed by atoms with Crippen LogP contribution in [0.3, 0.4) is 0 Å². The van der Waals surface area contributed by atoms with Crippen LogP contribution in [0.5, 0.6) is 5.75 Å². The van der Waals surface area contributed by atoms with Gasteiger partial charge in [-0.1, -0.05) is 12.1 Å². The van der Waals surface area contributed by atoms with Crippen LogP contribution in [0.1, 0.15) is 10.4 Å². The number of fused-ring (bicyclic) bond motifs is 1. The van der Waals surface area contributed by atoms with Crippen LogP contribution in [0.2, 0.25) is 0 Å². The average molecular weight is 266 g/mol. The largest absolute Gasteiger partial charge is 0.478 e. The molecule has 0 amide bonds. The van der Waals surface area contributed by atoms with E-state index in [-0.39, 0.29) is 10.9 Å². The molecule has 0 saturated heterocycles. The molecular formula is C11H8NO5S. The Hall–Kier alpha value is -2.12. The maximum Gasteiger partial charge on any atom is 0.336 e. The fraction of sp³-hybridized carbons (Fsp3) is 0. The van der Waals surface area contributed by atoms with E-state index in [0.717, 1.165) is 12.1 Å². The van der Waals surface area contributed by atoms with E-state index in [1.54, 1.807) is 0 Å². The van der Waals surface area contributed by atoms with Gasteiger partial charge in [0.05, 0.1) is 5.56 Å². The lowest BCUT2D eigenvalue weighted by atomic mass is 10.0. The lowest BCUT2D eigenvalue weighted by Gasteiger charge is -2.05. The van der Waals surface area contributed by atoms with Crippen LogP contribution in [0.15, 0.2) is 35.2 Å². The molecule has 3 N–H and O–H groups in total. The van der Waals surface area contributed by atoms with Crippen molar-refractivity contribution in [2.24, 2.45) is 5.14 Å². The summed E-state index contributed by atoms with van der Waals surface area (Å²) in [6.07, 6.45) is 0. The number of rotatable bonds is 2. The monoisotopic (exact) mass is 266 g/mol. The molecule has 0 atom stereocenters. The summed E-state index contributed by atoms with van der Waals surface area (Å²) < 4.78 is 22.4. The molecule has 2 rings (SSSR count). The third-order valence-corrected chi connectivity index (χ3v) is 3.41. The molecule has 0 aliphatic rings. The molecule has 1 radical (unpaired) electrons. The van der Waals surface area contributed by atoms with Crippen molar-refractivity contribution in [1.82, 2.24) is 0 Å². The predicted molar refractivity (Wildman–Crippen MR) is 62.4 cm³/mol. The summed E-state index contributed by atoms with van der Waals surface area (Å²) in [5, 5.41) is 26.0. The maximum absolute atomic E-state index is 11.6. The molecule has 0 heterocycles. The minimum atomic E-state index is -4.17. The molecule has 18 heavy (non-hydrogen) atoms. The first kappa shape index (κ1) is 12.3. The third-order valence-electron chi connectivity index (χ3n) is 2.48.